The maximum atomic E-state index is 12.7. The van der Waals surface area contributed by atoms with E-state index in [1.54, 1.807) is 55.7 Å². The fraction of sp³-hybridized carbons (Fsp3) is 0.0833. The highest BCUT2D eigenvalue weighted by molar-refractivity contribution is 6.31. The fourth-order valence-corrected chi connectivity index (χ4v) is 3.11. The Morgan fingerprint density at radius 3 is 2.30 bits per heavy atom. The van der Waals surface area contributed by atoms with Crippen LogP contribution in [0.4, 0.5) is 5.69 Å². The van der Waals surface area contributed by atoms with Crippen molar-refractivity contribution >= 4 is 23.6 Å². The first-order valence-electron chi connectivity index (χ1n) is 9.42. The summed E-state index contributed by atoms with van der Waals surface area (Å²) in [6.07, 6.45) is 1.55. The van der Waals surface area contributed by atoms with Crippen LogP contribution < -0.4 is 19.9 Å². The lowest BCUT2D eigenvalue weighted by molar-refractivity contribution is -0.117. The molecule has 0 aliphatic carbocycles. The summed E-state index contributed by atoms with van der Waals surface area (Å²) in [4.78, 5) is 25.1. The van der Waals surface area contributed by atoms with Crippen LogP contribution in [0.3, 0.4) is 0 Å². The summed E-state index contributed by atoms with van der Waals surface area (Å²) < 4.78 is 11.3. The molecule has 1 N–H and O–H groups in total. The standard InChI is InChI=1S/C24H20N2O4/c1-29-22-15-18(12-13-21(22)30-16-17-8-4-2-5-9-17)14-20-23(27)25-26(24(20)28)19-10-6-3-7-11-19/h2-15H,16H2,1H3,(H,25,27)/b20-14+. The number of hydrogen-bond acceptors (Lipinski definition) is 4. The first-order valence-corrected chi connectivity index (χ1v) is 9.42. The average Bonchev–Trinajstić information content (AvgIpc) is 3.07. The molecule has 1 heterocycles. The largest absolute Gasteiger partial charge is 0.493 e. The Balaban J connectivity index is 1.54. The van der Waals surface area contributed by atoms with Gasteiger partial charge in [-0.1, -0.05) is 54.6 Å². The molecule has 1 saturated heterocycles. The monoisotopic (exact) mass is 400 g/mol. The number of carbonyl (C=O) groups is 2. The number of rotatable bonds is 6. The molecule has 1 aliphatic heterocycles. The van der Waals surface area contributed by atoms with Gasteiger partial charge in [-0.3, -0.25) is 15.0 Å². The van der Waals surface area contributed by atoms with Crippen LogP contribution in [0.15, 0.2) is 84.4 Å². The van der Waals surface area contributed by atoms with E-state index in [1.807, 2.05) is 36.4 Å². The van der Waals surface area contributed by atoms with E-state index >= 15 is 0 Å². The van der Waals surface area contributed by atoms with Gasteiger partial charge in [0, 0.05) is 0 Å². The van der Waals surface area contributed by atoms with E-state index in [1.165, 1.54) is 5.01 Å². The average molecular weight is 400 g/mol. The second-order valence-electron chi connectivity index (χ2n) is 6.66. The van der Waals surface area contributed by atoms with Gasteiger partial charge in [0.05, 0.1) is 12.8 Å². The molecular formula is C24H20N2O4. The zero-order valence-electron chi connectivity index (χ0n) is 16.4. The van der Waals surface area contributed by atoms with E-state index < -0.39 is 11.8 Å². The van der Waals surface area contributed by atoms with Gasteiger partial charge >= 0.3 is 0 Å². The Hall–Kier alpha value is -4.06. The van der Waals surface area contributed by atoms with Gasteiger partial charge in [-0.05, 0) is 41.5 Å². The predicted octanol–water partition coefficient (Wildman–Crippen LogP) is 3.74. The van der Waals surface area contributed by atoms with Crippen LogP contribution in [-0.2, 0) is 16.2 Å². The third-order valence-corrected chi connectivity index (χ3v) is 4.64. The molecule has 6 nitrogen and oxygen atoms in total. The second-order valence-corrected chi connectivity index (χ2v) is 6.66. The molecule has 0 atom stereocenters. The predicted molar refractivity (Wildman–Crippen MR) is 114 cm³/mol. The van der Waals surface area contributed by atoms with Crippen LogP contribution in [0.1, 0.15) is 11.1 Å². The molecule has 0 saturated carbocycles. The van der Waals surface area contributed by atoms with Crippen molar-refractivity contribution in [2.75, 3.05) is 12.1 Å². The van der Waals surface area contributed by atoms with E-state index in [2.05, 4.69) is 5.43 Å². The molecule has 150 valence electrons. The fourth-order valence-electron chi connectivity index (χ4n) is 3.11. The normalized spacial score (nSPS) is 14.7. The number of anilines is 1. The van der Waals surface area contributed by atoms with E-state index in [9.17, 15) is 9.59 Å². The van der Waals surface area contributed by atoms with E-state index in [-0.39, 0.29) is 5.57 Å². The van der Waals surface area contributed by atoms with Crippen LogP contribution in [0.25, 0.3) is 6.08 Å². The number of hydrazine groups is 1. The van der Waals surface area contributed by atoms with Crippen molar-refractivity contribution in [3.63, 3.8) is 0 Å². The SMILES string of the molecule is COc1cc(/C=C2\C(=O)NN(c3ccccc3)C2=O)ccc1OCc1ccccc1. The van der Waals surface area contributed by atoms with Gasteiger partial charge in [-0.25, -0.2) is 5.01 Å². The van der Waals surface area contributed by atoms with Gasteiger partial charge in [0.1, 0.15) is 12.2 Å². The minimum absolute atomic E-state index is 0.0545. The minimum atomic E-state index is -0.452. The molecule has 0 spiro atoms. The van der Waals surface area contributed by atoms with Crippen molar-refractivity contribution in [1.29, 1.82) is 0 Å². The Morgan fingerprint density at radius 1 is 0.900 bits per heavy atom. The molecule has 0 radical (unpaired) electrons. The lowest BCUT2D eigenvalue weighted by atomic mass is 10.1. The lowest BCUT2D eigenvalue weighted by Crippen LogP contribution is -2.35. The summed E-state index contributed by atoms with van der Waals surface area (Å²) in [5, 5.41) is 1.24. The van der Waals surface area contributed by atoms with Crippen molar-refractivity contribution in [2.24, 2.45) is 0 Å². The Labute approximate surface area is 174 Å². The summed E-state index contributed by atoms with van der Waals surface area (Å²) in [6, 6.07) is 24.0. The topological polar surface area (TPSA) is 67.9 Å². The Bertz CT molecular complexity index is 1090. The molecule has 2 amide bonds. The first kappa shape index (κ1) is 19.3. The van der Waals surface area contributed by atoms with Crippen LogP contribution in [-0.4, -0.2) is 18.9 Å². The molecule has 1 fully saturated rings. The first-order chi connectivity index (χ1) is 14.7. The molecule has 1 aliphatic rings. The molecular weight excluding hydrogens is 380 g/mol. The molecule has 30 heavy (non-hydrogen) atoms. The van der Waals surface area contributed by atoms with Crippen LogP contribution in [0.5, 0.6) is 11.5 Å². The van der Waals surface area contributed by atoms with Gasteiger partial charge in [-0.15, -0.1) is 0 Å². The van der Waals surface area contributed by atoms with E-state index in [0.29, 0.717) is 29.4 Å². The highest BCUT2D eigenvalue weighted by atomic mass is 16.5. The number of benzene rings is 3. The number of nitrogens with zero attached hydrogens (tertiary/aromatic N) is 1. The molecule has 3 aromatic rings. The summed E-state index contributed by atoms with van der Waals surface area (Å²) in [6.45, 7) is 0.407. The molecule has 0 bridgehead atoms. The van der Waals surface area contributed by atoms with Gasteiger partial charge in [0.2, 0.25) is 0 Å². The molecule has 6 heteroatoms. The number of nitrogens with one attached hydrogen (secondary N) is 1. The molecule has 4 rings (SSSR count). The maximum Gasteiger partial charge on any atom is 0.282 e. The van der Waals surface area contributed by atoms with E-state index in [0.717, 1.165) is 5.56 Å². The van der Waals surface area contributed by atoms with Crippen molar-refractivity contribution in [3.8, 4) is 11.5 Å². The minimum Gasteiger partial charge on any atom is -0.493 e. The smallest absolute Gasteiger partial charge is 0.282 e. The van der Waals surface area contributed by atoms with E-state index in [4.69, 9.17) is 9.47 Å². The highest BCUT2D eigenvalue weighted by Crippen LogP contribution is 2.30. The summed E-state index contributed by atoms with van der Waals surface area (Å²) in [5.74, 6) is 0.240. The Kier molecular flexibility index (Phi) is 5.48. The molecule has 3 aromatic carbocycles. The zero-order chi connectivity index (χ0) is 20.9. The Morgan fingerprint density at radius 2 is 1.60 bits per heavy atom. The number of hydrogen-bond donors (Lipinski definition) is 1. The van der Waals surface area contributed by atoms with Crippen molar-refractivity contribution in [2.45, 2.75) is 6.61 Å². The van der Waals surface area contributed by atoms with Gasteiger partial charge in [0.15, 0.2) is 11.5 Å². The summed E-state index contributed by atoms with van der Waals surface area (Å²) in [5.41, 5.74) is 4.94. The van der Waals surface area contributed by atoms with Crippen molar-refractivity contribution in [3.05, 3.63) is 95.6 Å². The third-order valence-electron chi connectivity index (χ3n) is 4.64. The van der Waals surface area contributed by atoms with Gasteiger partial charge < -0.3 is 9.47 Å². The maximum absolute atomic E-state index is 12.7. The highest BCUT2D eigenvalue weighted by Gasteiger charge is 2.34. The van der Waals surface area contributed by atoms with Crippen molar-refractivity contribution in [1.82, 2.24) is 5.43 Å². The summed E-state index contributed by atoms with van der Waals surface area (Å²) in [7, 11) is 1.55. The van der Waals surface area contributed by atoms with Crippen LogP contribution in [0.2, 0.25) is 0 Å². The zero-order valence-corrected chi connectivity index (χ0v) is 16.4. The number of ether oxygens (including phenoxy) is 2. The molecule has 0 aromatic heterocycles. The molecule has 0 unspecified atom stereocenters. The van der Waals surface area contributed by atoms with Gasteiger partial charge in [-0.2, -0.15) is 0 Å². The van der Waals surface area contributed by atoms with Crippen LogP contribution in [0, 0.1) is 0 Å². The summed E-state index contributed by atoms with van der Waals surface area (Å²) >= 11 is 0. The number of methoxy groups -OCH3 is 1. The number of para-hydroxylation sites is 1. The third kappa shape index (κ3) is 4.03. The quantitative estimate of drug-likeness (QED) is 0.506. The number of amides is 2. The van der Waals surface area contributed by atoms with Crippen molar-refractivity contribution < 1.29 is 19.1 Å². The lowest BCUT2D eigenvalue weighted by Gasteiger charge is -2.14. The second kappa shape index (κ2) is 8.53. The van der Waals surface area contributed by atoms with Crippen LogP contribution >= 0.6 is 0 Å². The number of carbonyl (C=O) groups excluding carboxylic acids is 2. The van der Waals surface area contributed by atoms with Gasteiger partial charge in [0.25, 0.3) is 11.8 Å².